The maximum absolute atomic E-state index is 13.2. The first-order chi connectivity index (χ1) is 15.1. The number of hydrogen-bond donors (Lipinski definition) is 1. The smallest absolute Gasteiger partial charge is 0.253 e. The Labute approximate surface area is 181 Å². The van der Waals surface area contributed by atoms with E-state index in [0.29, 0.717) is 31.6 Å². The van der Waals surface area contributed by atoms with Crippen LogP contribution in [-0.2, 0) is 11.3 Å². The van der Waals surface area contributed by atoms with Gasteiger partial charge in [0.05, 0.1) is 12.0 Å². The number of nitrogens with one attached hydrogen (secondary N) is 1. The van der Waals surface area contributed by atoms with Crippen LogP contribution in [0.1, 0.15) is 35.2 Å². The third-order valence-electron chi connectivity index (χ3n) is 5.74. The quantitative estimate of drug-likeness (QED) is 0.636. The van der Waals surface area contributed by atoms with E-state index < -0.39 is 0 Å². The number of carbonyl (C=O) groups excluding carboxylic acids is 2. The number of hydrogen-bond acceptors (Lipinski definition) is 4. The van der Waals surface area contributed by atoms with E-state index >= 15 is 0 Å². The molecule has 1 atom stereocenters. The van der Waals surface area contributed by atoms with E-state index in [4.69, 9.17) is 0 Å². The molecule has 1 aromatic carbocycles. The minimum atomic E-state index is 0.0126. The van der Waals surface area contributed by atoms with Crippen molar-refractivity contribution in [1.29, 1.82) is 0 Å². The molecule has 3 aromatic rings. The van der Waals surface area contributed by atoms with E-state index in [0.717, 1.165) is 30.6 Å². The Bertz CT molecular complexity index is 1010. The summed E-state index contributed by atoms with van der Waals surface area (Å²) in [5, 5.41) is 7.26. The molecule has 1 aliphatic rings. The van der Waals surface area contributed by atoms with Gasteiger partial charge in [-0.2, -0.15) is 5.10 Å². The molecule has 0 saturated carbocycles. The molecule has 8 heteroatoms. The molecule has 2 amide bonds. The summed E-state index contributed by atoms with van der Waals surface area (Å²) in [6.07, 6.45) is 11.3. The number of carbonyl (C=O) groups is 2. The van der Waals surface area contributed by atoms with Crippen LogP contribution in [0.15, 0.2) is 55.4 Å². The summed E-state index contributed by atoms with van der Waals surface area (Å²) < 4.78 is 3.71. The lowest BCUT2D eigenvalue weighted by atomic mass is 9.94. The zero-order valence-electron chi connectivity index (χ0n) is 17.8. The molecule has 2 aromatic heterocycles. The standard InChI is InChI=1S/C23H28N6O2/c1-18-5-6-20(15-21(18)29-11-3-7-26-29)23(31)28-10-2-4-19(16-28)14-22(30)25-9-13-27-12-8-24-17-27/h3,5-8,11-12,15,17,19H,2,4,9-10,13-14,16H2,1H3,(H,25,30)/t19-/m0/s1. The van der Waals surface area contributed by atoms with Crippen LogP contribution in [0.3, 0.4) is 0 Å². The summed E-state index contributed by atoms with van der Waals surface area (Å²) in [7, 11) is 0. The van der Waals surface area contributed by atoms with Crippen LogP contribution in [0.2, 0.25) is 0 Å². The van der Waals surface area contributed by atoms with Crippen molar-refractivity contribution in [2.75, 3.05) is 19.6 Å². The van der Waals surface area contributed by atoms with Gasteiger partial charge in [-0.25, -0.2) is 9.67 Å². The third kappa shape index (κ3) is 5.20. The van der Waals surface area contributed by atoms with E-state index in [2.05, 4.69) is 15.4 Å². The van der Waals surface area contributed by atoms with E-state index in [1.54, 1.807) is 23.4 Å². The summed E-state index contributed by atoms with van der Waals surface area (Å²) in [5.74, 6) is 0.233. The molecule has 0 spiro atoms. The van der Waals surface area contributed by atoms with Crippen LogP contribution >= 0.6 is 0 Å². The van der Waals surface area contributed by atoms with Crippen LogP contribution in [0.25, 0.3) is 5.69 Å². The molecule has 0 radical (unpaired) electrons. The number of imidazole rings is 1. The fourth-order valence-electron chi connectivity index (χ4n) is 4.08. The summed E-state index contributed by atoms with van der Waals surface area (Å²) in [6, 6.07) is 7.59. The molecule has 8 nitrogen and oxygen atoms in total. The molecule has 0 bridgehead atoms. The lowest BCUT2D eigenvalue weighted by Gasteiger charge is -2.32. The van der Waals surface area contributed by atoms with Gasteiger partial charge in [0.15, 0.2) is 0 Å². The molecule has 1 aliphatic heterocycles. The van der Waals surface area contributed by atoms with Gasteiger partial charge in [-0.15, -0.1) is 0 Å². The first-order valence-electron chi connectivity index (χ1n) is 10.7. The van der Waals surface area contributed by atoms with E-state index in [1.165, 1.54) is 0 Å². The van der Waals surface area contributed by atoms with Crippen molar-refractivity contribution < 1.29 is 9.59 Å². The number of aromatic nitrogens is 4. The molecule has 0 unspecified atom stereocenters. The highest BCUT2D eigenvalue weighted by Crippen LogP contribution is 2.23. The van der Waals surface area contributed by atoms with Crippen molar-refractivity contribution in [2.45, 2.75) is 32.7 Å². The first-order valence-corrected chi connectivity index (χ1v) is 10.7. The lowest BCUT2D eigenvalue weighted by molar-refractivity contribution is -0.122. The van der Waals surface area contributed by atoms with Crippen molar-refractivity contribution in [1.82, 2.24) is 29.5 Å². The number of nitrogens with zero attached hydrogens (tertiary/aromatic N) is 5. The van der Waals surface area contributed by atoms with Crippen LogP contribution in [-0.4, -0.2) is 55.7 Å². The van der Waals surface area contributed by atoms with Crippen LogP contribution < -0.4 is 5.32 Å². The molecule has 4 rings (SSSR count). The number of aryl methyl sites for hydroxylation is 1. The molecule has 162 valence electrons. The van der Waals surface area contributed by atoms with E-state index in [9.17, 15) is 9.59 Å². The van der Waals surface area contributed by atoms with Gasteiger partial charge in [-0.3, -0.25) is 9.59 Å². The number of amides is 2. The predicted molar refractivity (Wildman–Crippen MR) is 117 cm³/mol. The fourth-order valence-corrected chi connectivity index (χ4v) is 4.08. The minimum Gasteiger partial charge on any atom is -0.354 e. The van der Waals surface area contributed by atoms with Gasteiger partial charge in [-0.1, -0.05) is 6.07 Å². The SMILES string of the molecule is Cc1ccc(C(=O)N2CCC[C@@H](CC(=O)NCCn3ccnc3)C2)cc1-n1cccn1. The molecular weight excluding hydrogens is 392 g/mol. The summed E-state index contributed by atoms with van der Waals surface area (Å²) in [5.41, 5.74) is 2.62. The Morgan fingerprint density at radius 3 is 2.90 bits per heavy atom. The second-order valence-corrected chi connectivity index (χ2v) is 8.07. The molecule has 1 N–H and O–H groups in total. The van der Waals surface area contributed by atoms with Gasteiger partial charge in [0.25, 0.3) is 5.91 Å². The van der Waals surface area contributed by atoms with Gasteiger partial charge in [0.1, 0.15) is 0 Å². The first kappa shape index (κ1) is 20.8. The predicted octanol–water partition coefficient (Wildman–Crippen LogP) is 2.44. The maximum atomic E-state index is 13.2. The normalized spacial score (nSPS) is 16.3. The summed E-state index contributed by atoms with van der Waals surface area (Å²) >= 11 is 0. The maximum Gasteiger partial charge on any atom is 0.253 e. The van der Waals surface area contributed by atoms with Crippen LogP contribution in [0.5, 0.6) is 0 Å². The number of benzene rings is 1. The molecule has 0 aliphatic carbocycles. The molecular formula is C23H28N6O2. The van der Waals surface area contributed by atoms with Crippen molar-refractivity contribution in [3.63, 3.8) is 0 Å². The zero-order valence-corrected chi connectivity index (χ0v) is 17.8. The Kier molecular flexibility index (Phi) is 6.45. The van der Waals surface area contributed by atoms with Crippen LogP contribution in [0, 0.1) is 12.8 Å². The number of piperidine rings is 1. The molecule has 1 saturated heterocycles. The van der Waals surface area contributed by atoms with Crippen molar-refractivity contribution in [2.24, 2.45) is 5.92 Å². The topological polar surface area (TPSA) is 85.0 Å². The average molecular weight is 421 g/mol. The fraction of sp³-hybridized carbons (Fsp3) is 0.391. The van der Waals surface area contributed by atoms with Crippen molar-refractivity contribution in [3.8, 4) is 5.69 Å². The Hall–Kier alpha value is -3.42. The second kappa shape index (κ2) is 9.59. The van der Waals surface area contributed by atoms with Gasteiger partial charge in [0.2, 0.25) is 5.91 Å². The monoisotopic (exact) mass is 420 g/mol. The van der Waals surface area contributed by atoms with Gasteiger partial charge >= 0.3 is 0 Å². The Morgan fingerprint density at radius 2 is 2.13 bits per heavy atom. The van der Waals surface area contributed by atoms with Crippen molar-refractivity contribution >= 4 is 11.8 Å². The summed E-state index contributed by atoms with van der Waals surface area (Å²) in [6.45, 7) is 4.62. The van der Waals surface area contributed by atoms with E-state index in [1.807, 2.05) is 53.0 Å². The largest absolute Gasteiger partial charge is 0.354 e. The van der Waals surface area contributed by atoms with E-state index in [-0.39, 0.29) is 17.7 Å². The van der Waals surface area contributed by atoms with Crippen molar-refractivity contribution in [3.05, 3.63) is 66.5 Å². The number of likely N-dealkylation sites (tertiary alicyclic amines) is 1. The molecule has 3 heterocycles. The molecule has 1 fully saturated rings. The lowest BCUT2D eigenvalue weighted by Crippen LogP contribution is -2.41. The Morgan fingerprint density at radius 1 is 1.23 bits per heavy atom. The highest BCUT2D eigenvalue weighted by Gasteiger charge is 2.26. The van der Waals surface area contributed by atoms with Gasteiger partial charge < -0.3 is 14.8 Å². The highest BCUT2D eigenvalue weighted by atomic mass is 16.2. The second-order valence-electron chi connectivity index (χ2n) is 8.07. The molecule has 31 heavy (non-hydrogen) atoms. The highest BCUT2D eigenvalue weighted by molar-refractivity contribution is 5.95. The van der Waals surface area contributed by atoms with Crippen LogP contribution in [0.4, 0.5) is 0 Å². The third-order valence-corrected chi connectivity index (χ3v) is 5.74. The Balaban J connectivity index is 1.33. The van der Waals surface area contributed by atoms with Gasteiger partial charge in [0, 0.05) is 63.0 Å². The zero-order chi connectivity index (χ0) is 21.6. The minimum absolute atomic E-state index is 0.0126. The summed E-state index contributed by atoms with van der Waals surface area (Å²) in [4.78, 5) is 31.4. The van der Waals surface area contributed by atoms with Gasteiger partial charge in [-0.05, 0) is 49.4 Å². The average Bonchev–Trinajstić information content (AvgIpc) is 3.48. The number of rotatable bonds is 7.